The first-order valence-electron chi connectivity index (χ1n) is 9.46. The topological polar surface area (TPSA) is 90.4 Å². The summed E-state index contributed by atoms with van der Waals surface area (Å²) in [6.07, 6.45) is 4.23. The Morgan fingerprint density at radius 2 is 1.83 bits per heavy atom. The van der Waals surface area contributed by atoms with E-state index in [1.807, 2.05) is 0 Å². The van der Waals surface area contributed by atoms with Gasteiger partial charge in [-0.3, -0.25) is 19.1 Å². The van der Waals surface area contributed by atoms with Gasteiger partial charge >= 0.3 is 11.7 Å². The number of aromatic nitrogens is 2. The first-order chi connectivity index (χ1) is 13.9. The van der Waals surface area contributed by atoms with Gasteiger partial charge in [-0.1, -0.05) is 50.8 Å². The molecule has 1 aromatic carbocycles. The van der Waals surface area contributed by atoms with Gasteiger partial charge in [-0.25, -0.2) is 9.18 Å². The minimum atomic E-state index is -1.44. The Bertz CT molecular complexity index is 926. The Morgan fingerprint density at radius 3 is 2.55 bits per heavy atom. The highest BCUT2D eigenvalue weighted by Crippen LogP contribution is 2.21. The van der Waals surface area contributed by atoms with Crippen LogP contribution in [0.3, 0.4) is 0 Å². The van der Waals surface area contributed by atoms with Crippen molar-refractivity contribution in [3.05, 3.63) is 68.5 Å². The fourth-order valence-electron chi connectivity index (χ4n) is 2.74. The van der Waals surface area contributed by atoms with Gasteiger partial charge in [-0.15, -0.1) is 0 Å². The number of carbonyl (C=O) groups is 1. The van der Waals surface area contributed by atoms with Crippen LogP contribution in [0.1, 0.15) is 57.2 Å². The number of carbonyl (C=O) groups excluding carboxylic acids is 1. The number of ether oxygens (including phenoxy) is 2. The maximum atomic E-state index is 14.2. The van der Waals surface area contributed by atoms with Gasteiger partial charge in [-0.2, -0.15) is 4.39 Å². The number of benzene rings is 1. The standard InChI is InChI=1S/C20H24F2N2O5/c1-2-3-4-5-6-11-17(25)28-13-29-19(14-9-7-8-10-15(14)21)24-12-16(22)18(26)23-20(24)27/h7-10,12,19H,2-6,11,13H2,1H3,(H,23,26,27). The monoisotopic (exact) mass is 410 g/mol. The van der Waals surface area contributed by atoms with Gasteiger partial charge in [0.2, 0.25) is 5.82 Å². The number of aromatic amines is 1. The predicted octanol–water partition coefficient (Wildman–Crippen LogP) is 3.24. The van der Waals surface area contributed by atoms with Crippen molar-refractivity contribution >= 4 is 5.97 Å². The fourth-order valence-corrected chi connectivity index (χ4v) is 2.74. The summed E-state index contributed by atoms with van der Waals surface area (Å²) in [5, 5.41) is 0. The molecule has 0 saturated carbocycles. The number of hydrogen-bond donors (Lipinski definition) is 1. The third-order valence-corrected chi connectivity index (χ3v) is 4.28. The second-order valence-electron chi connectivity index (χ2n) is 6.48. The molecule has 0 fully saturated rings. The van der Waals surface area contributed by atoms with Crippen molar-refractivity contribution in [1.29, 1.82) is 0 Å². The second-order valence-corrected chi connectivity index (χ2v) is 6.48. The largest absolute Gasteiger partial charge is 0.438 e. The zero-order valence-corrected chi connectivity index (χ0v) is 16.2. The molecule has 0 aliphatic rings. The zero-order valence-electron chi connectivity index (χ0n) is 16.2. The molecule has 0 aliphatic carbocycles. The molecule has 1 atom stereocenters. The Kier molecular flexibility index (Phi) is 8.72. The highest BCUT2D eigenvalue weighted by molar-refractivity contribution is 5.69. The van der Waals surface area contributed by atoms with E-state index in [1.165, 1.54) is 18.2 Å². The van der Waals surface area contributed by atoms with Gasteiger partial charge in [0, 0.05) is 12.0 Å². The SMILES string of the molecule is CCCCCCCC(=O)OCOC(c1ccccc1F)n1cc(F)c(=O)[nH]c1=O. The molecule has 0 saturated heterocycles. The molecule has 1 heterocycles. The summed E-state index contributed by atoms with van der Waals surface area (Å²) in [4.78, 5) is 36.9. The lowest BCUT2D eigenvalue weighted by molar-refractivity contribution is -0.163. The predicted molar refractivity (Wildman–Crippen MR) is 101 cm³/mol. The zero-order chi connectivity index (χ0) is 21.2. The van der Waals surface area contributed by atoms with Crippen LogP contribution in [0.5, 0.6) is 0 Å². The van der Waals surface area contributed by atoms with Crippen LogP contribution in [0.2, 0.25) is 0 Å². The van der Waals surface area contributed by atoms with Gasteiger partial charge in [0.25, 0.3) is 5.56 Å². The van der Waals surface area contributed by atoms with Crippen molar-refractivity contribution < 1.29 is 23.0 Å². The van der Waals surface area contributed by atoms with Crippen molar-refractivity contribution in [3.63, 3.8) is 0 Å². The van der Waals surface area contributed by atoms with Crippen LogP contribution in [0.15, 0.2) is 40.1 Å². The fraction of sp³-hybridized carbons (Fsp3) is 0.450. The minimum absolute atomic E-state index is 0.0864. The van der Waals surface area contributed by atoms with Crippen LogP contribution >= 0.6 is 0 Å². The Hall–Kier alpha value is -2.81. The van der Waals surface area contributed by atoms with Crippen molar-refractivity contribution in [2.24, 2.45) is 0 Å². The van der Waals surface area contributed by atoms with Gasteiger partial charge in [0.1, 0.15) is 5.82 Å². The van der Waals surface area contributed by atoms with Crippen LogP contribution in [0.4, 0.5) is 8.78 Å². The maximum Gasteiger partial charge on any atom is 0.330 e. The van der Waals surface area contributed by atoms with E-state index in [0.29, 0.717) is 17.2 Å². The lowest BCUT2D eigenvalue weighted by atomic mass is 10.1. The lowest BCUT2D eigenvalue weighted by Gasteiger charge is -2.20. The molecule has 0 spiro atoms. The summed E-state index contributed by atoms with van der Waals surface area (Å²) in [5.41, 5.74) is -2.28. The summed E-state index contributed by atoms with van der Waals surface area (Å²) >= 11 is 0. The molecule has 1 aromatic heterocycles. The lowest BCUT2D eigenvalue weighted by Crippen LogP contribution is -2.35. The van der Waals surface area contributed by atoms with Crippen LogP contribution in [-0.4, -0.2) is 22.3 Å². The third-order valence-electron chi connectivity index (χ3n) is 4.28. The van der Waals surface area contributed by atoms with Crippen LogP contribution in [0.25, 0.3) is 0 Å². The number of rotatable bonds is 11. The highest BCUT2D eigenvalue weighted by atomic mass is 19.1. The smallest absolute Gasteiger partial charge is 0.330 e. The molecule has 0 aliphatic heterocycles. The van der Waals surface area contributed by atoms with E-state index >= 15 is 0 Å². The van der Waals surface area contributed by atoms with Crippen molar-refractivity contribution in [2.75, 3.05) is 6.79 Å². The molecule has 2 aromatic rings. The van der Waals surface area contributed by atoms with E-state index in [4.69, 9.17) is 9.47 Å². The average molecular weight is 410 g/mol. The Morgan fingerprint density at radius 1 is 1.10 bits per heavy atom. The molecule has 1 unspecified atom stereocenters. The summed E-state index contributed by atoms with van der Waals surface area (Å²) in [6, 6.07) is 5.42. The normalized spacial score (nSPS) is 12.0. The molecule has 0 radical (unpaired) electrons. The quantitative estimate of drug-likeness (QED) is 0.349. The molecule has 158 valence electrons. The summed E-state index contributed by atoms with van der Waals surface area (Å²) in [7, 11) is 0. The van der Waals surface area contributed by atoms with Gasteiger partial charge in [0.15, 0.2) is 13.0 Å². The number of halogens is 2. The van der Waals surface area contributed by atoms with E-state index in [9.17, 15) is 23.2 Å². The average Bonchev–Trinajstić information content (AvgIpc) is 2.69. The Labute approximate surface area is 166 Å². The maximum absolute atomic E-state index is 14.2. The van der Waals surface area contributed by atoms with Gasteiger partial charge < -0.3 is 9.47 Å². The van der Waals surface area contributed by atoms with E-state index in [-0.39, 0.29) is 12.0 Å². The highest BCUT2D eigenvalue weighted by Gasteiger charge is 2.21. The van der Waals surface area contributed by atoms with Crippen molar-refractivity contribution in [2.45, 2.75) is 51.7 Å². The molecule has 9 heteroatoms. The van der Waals surface area contributed by atoms with Crippen LogP contribution < -0.4 is 11.2 Å². The number of nitrogens with zero attached hydrogens (tertiary/aromatic N) is 1. The minimum Gasteiger partial charge on any atom is -0.438 e. The third kappa shape index (κ3) is 6.63. The van der Waals surface area contributed by atoms with E-state index < -0.39 is 41.9 Å². The van der Waals surface area contributed by atoms with Crippen LogP contribution in [-0.2, 0) is 14.3 Å². The van der Waals surface area contributed by atoms with E-state index in [0.717, 1.165) is 31.7 Å². The molecule has 1 N–H and O–H groups in total. The van der Waals surface area contributed by atoms with Crippen LogP contribution in [0, 0.1) is 11.6 Å². The van der Waals surface area contributed by atoms with E-state index in [2.05, 4.69) is 6.92 Å². The number of nitrogens with one attached hydrogen (secondary N) is 1. The Balaban J connectivity index is 2.08. The molecule has 7 nitrogen and oxygen atoms in total. The molecule has 2 rings (SSSR count). The number of hydrogen-bond acceptors (Lipinski definition) is 5. The first kappa shape index (κ1) is 22.5. The summed E-state index contributed by atoms with van der Waals surface area (Å²) in [6.45, 7) is 1.52. The van der Waals surface area contributed by atoms with Gasteiger partial charge in [0.05, 0.1) is 6.20 Å². The van der Waals surface area contributed by atoms with Gasteiger partial charge in [-0.05, 0) is 12.5 Å². The number of H-pyrrole nitrogens is 1. The molecule has 0 bridgehead atoms. The number of esters is 1. The molecule has 0 amide bonds. The van der Waals surface area contributed by atoms with Crippen molar-refractivity contribution in [3.8, 4) is 0 Å². The molecular weight excluding hydrogens is 386 g/mol. The summed E-state index contributed by atoms with van der Waals surface area (Å²) in [5.74, 6) is -2.44. The number of unbranched alkanes of at least 4 members (excludes halogenated alkanes) is 4. The van der Waals surface area contributed by atoms with E-state index in [1.54, 1.807) is 4.98 Å². The molecule has 29 heavy (non-hydrogen) atoms. The summed E-state index contributed by atoms with van der Waals surface area (Å²) < 4.78 is 39.0. The second kappa shape index (κ2) is 11.3. The first-order valence-corrected chi connectivity index (χ1v) is 9.46. The van der Waals surface area contributed by atoms with Crippen molar-refractivity contribution in [1.82, 2.24) is 9.55 Å². The molecular formula is C20H24F2N2O5.